The van der Waals surface area contributed by atoms with Gasteiger partial charge in [-0.15, -0.1) is 0 Å². The average Bonchev–Trinajstić information content (AvgIpc) is 2.78. The first kappa shape index (κ1) is 23.2. The molecule has 31 heavy (non-hydrogen) atoms. The topological polar surface area (TPSA) is 88.2 Å². The third kappa shape index (κ3) is 5.43. The van der Waals surface area contributed by atoms with E-state index in [0.717, 1.165) is 15.4 Å². The summed E-state index contributed by atoms with van der Waals surface area (Å²) in [4.78, 5) is 15.3. The zero-order chi connectivity index (χ0) is 22.4. The highest BCUT2D eigenvalue weighted by Gasteiger charge is 2.24. The molecule has 1 amide bonds. The quantitative estimate of drug-likeness (QED) is 0.665. The number of hydrogen-bond donors (Lipinski definition) is 1. The van der Waals surface area contributed by atoms with E-state index in [9.17, 15) is 13.2 Å². The smallest absolute Gasteiger partial charge is 0.253 e. The minimum atomic E-state index is -3.67. The second-order valence-corrected chi connectivity index (χ2v) is 9.60. The molecule has 168 valence electrons. The van der Waals surface area contributed by atoms with Crippen LogP contribution in [0.15, 0.2) is 47.4 Å². The van der Waals surface area contributed by atoms with Crippen LogP contribution in [0.25, 0.3) is 0 Å². The fraction of sp³-hybridized carbons (Fsp3) is 0.409. The molecule has 1 saturated heterocycles. The van der Waals surface area contributed by atoms with Crippen LogP contribution in [0.1, 0.15) is 21.5 Å². The molecular weight excluding hydrogens is 418 g/mol. The fourth-order valence-electron chi connectivity index (χ4n) is 3.45. The second-order valence-electron chi connectivity index (χ2n) is 7.45. The molecule has 1 fully saturated rings. The number of nitrogens with one attached hydrogen (secondary N) is 1. The molecule has 0 unspecified atom stereocenters. The van der Waals surface area contributed by atoms with Crippen LogP contribution >= 0.6 is 0 Å². The van der Waals surface area contributed by atoms with E-state index < -0.39 is 10.0 Å². The Labute approximate surface area is 183 Å². The van der Waals surface area contributed by atoms with Crippen LogP contribution in [0.5, 0.6) is 0 Å². The van der Waals surface area contributed by atoms with Crippen molar-refractivity contribution in [2.75, 3.05) is 52.4 Å². The molecule has 0 aliphatic carbocycles. The van der Waals surface area contributed by atoms with Crippen molar-refractivity contribution in [1.82, 2.24) is 9.62 Å². The number of nitrogens with zero attached hydrogens (tertiary/aromatic N) is 2. The number of carbonyl (C=O) groups excluding carboxylic acids is 1. The van der Waals surface area contributed by atoms with E-state index in [0.29, 0.717) is 50.7 Å². The van der Waals surface area contributed by atoms with Crippen LogP contribution in [0.4, 0.5) is 5.69 Å². The lowest BCUT2D eigenvalue weighted by atomic mass is 10.1. The molecule has 0 aromatic heterocycles. The molecule has 2 aromatic carbocycles. The number of carbonyl (C=O) groups is 1. The largest absolute Gasteiger partial charge is 0.380 e. The Morgan fingerprint density at radius 3 is 2.45 bits per heavy atom. The molecule has 1 N–H and O–H groups in total. The lowest BCUT2D eigenvalue weighted by Crippen LogP contribution is -2.38. The summed E-state index contributed by atoms with van der Waals surface area (Å²) in [6.45, 7) is 3.15. The Hall–Kier alpha value is -2.46. The normalized spacial score (nSPS) is 14.6. The maximum absolute atomic E-state index is 13.2. The lowest BCUT2D eigenvalue weighted by Gasteiger charge is -2.30. The highest BCUT2D eigenvalue weighted by Crippen LogP contribution is 2.26. The van der Waals surface area contributed by atoms with Crippen molar-refractivity contribution in [3.8, 4) is 0 Å². The van der Waals surface area contributed by atoms with Crippen LogP contribution in [-0.4, -0.2) is 66.1 Å². The minimum Gasteiger partial charge on any atom is -0.380 e. The molecule has 1 aliphatic rings. The third-order valence-electron chi connectivity index (χ3n) is 5.20. The summed E-state index contributed by atoms with van der Waals surface area (Å²) in [5.74, 6) is -0.329. The number of methoxy groups -OCH3 is 1. The fourth-order valence-corrected chi connectivity index (χ4v) is 4.37. The number of sulfonamides is 1. The maximum Gasteiger partial charge on any atom is 0.253 e. The predicted molar refractivity (Wildman–Crippen MR) is 119 cm³/mol. The van der Waals surface area contributed by atoms with Gasteiger partial charge in [0.15, 0.2) is 0 Å². The molecule has 1 heterocycles. The molecule has 9 heteroatoms. The zero-order valence-electron chi connectivity index (χ0n) is 18.1. The zero-order valence-corrected chi connectivity index (χ0v) is 18.9. The Bertz CT molecular complexity index is 1020. The van der Waals surface area contributed by atoms with Crippen molar-refractivity contribution >= 4 is 21.6 Å². The van der Waals surface area contributed by atoms with Gasteiger partial charge in [0.25, 0.3) is 5.91 Å². The first-order chi connectivity index (χ1) is 14.8. The molecule has 0 bridgehead atoms. The van der Waals surface area contributed by atoms with E-state index in [2.05, 4.69) is 5.32 Å². The number of rotatable bonds is 8. The Balaban J connectivity index is 1.91. The molecule has 2 aromatic rings. The van der Waals surface area contributed by atoms with Gasteiger partial charge in [0.2, 0.25) is 10.0 Å². The van der Waals surface area contributed by atoms with Crippen LogP contribution in [0.3, 0.4) is 0 Å². The monoisotopic (exact) mass is 447 g/mol. The summed E-state index contributed by atoms with van der Waals surface area (Å²) in [6, 6.07) is 12.4. The molecule has 0 radical (unpaired) electrons. The van der Waals surface area contributed by atoms with Gasteiger partial charge in [0, 0.05) is 46.5 Å². The standard InChI is InChI=1S/C22H29N3O5S/c1-24(2)31(27,28)19-8-9-21(25-10-12-30-13-11-25)20(14-19)22(26)23-15-17-6-4-5-7-18(17)16-29-3/h4-9,14H,10-13,15-16H2,1-3H3,(H,23,26). The summed E-state index contributed by atoms with van der Waals surface area (Å²) >= 11 is 0. The maximum atomic E-state index is 13.2. The summed E-state index contributed by atoms with van der Waals surface area (Å²) in [5.41, 5.74) is 2.96. The van der Waals surface area contributed by atoms with Crippen molar-refractivity contribution in [2.45, 2.75) is 18.0 Å². The highest BCUT2D eigenvalue weighted by atomic mass is 32.2. The summed E-state index contributed by atoms with van der Waals surface area (Å²) in [5, 5.41) is 2.94. The number of morpholine rings is 1. The van der Waals surface area contributed by atoms with Crippen LogP contribution in [0, 0.1) is 0 Å². The number of ether oxygens (including phenoxy) is 2. The van der Waals surface area contributed by atoms with Gasteiger partial charge in [0.05, 0.1) is 30.3 Å². The van der Waals surface area contributed by atoms with Crippen LogP contribution in [0.2, 0.25) is 0 Å². The average molecular weight is 448 g/mol. The number of anilines is 1. The number of hydrogen-bond acceptors (Lipinski definition) is 6. The number of amides is 1. The van der Waals surface area contributed by atoms with Gasteiger partial charge in [-0.05, 0) is 29.3 Å². The van der Waals surface area contributed by atoms with Gasteiger partial charge in [-0.3, -0.25) is 4.79 Å². The Morgan fingerprint density at radius 1 is 1.13 bits per heavy atom. The SMILES string of the molecule is COCc1ccccc1CNC(=O)c1cc(S(=O)(=O)N(C)C)ccc1N1CCOCC1. The summed E-state index contributed by atoms with van der Waals surface area (Å²) < 4.78 is 37.1. The first-order valence-corrected chi connectivity index (χ1v) is 11.5. The van der Waals surface area contributed by atoms with E-state index in [4.69, 9.17) is 9.47 Å². The molecule has 0 spiro atoms. The molecular formula is C22H29N3O5S. The van der Waals surface area contributed by atoms with Gasteiger partial charge in [-0.1, -0.05) is 24.3 Å². The van der Waals surface area contributed by atoms with E-state index in [-0.39, 0.29) is 10.8 Å². The Kier molecular flexibility index (Phi) is 7.66. The molecule has 3 rings (SSSR count). The highest BCUT2D eigenvalue weighted by molar-refractivity contribution is 7.89. The minimum absolute atomic E-state index is 0.0828. The van der Waals surface area contributed by atoms with Crippen molar-refractivity contribution in [1.29, 1.82) is 0 Å². The predicted octanol–water partition coefficient (Wildman–Crippen LogP) is 1.85. The van der Waals surface area contributed by atoms with E-state index in [1.54, 1.807) is 19.2 Å². The molecule has 8 nitrogen and oxygen atoms in total. The van der Waals surface area contributed by atoms with Gasteiger partial charge in [-0.25, -0.2) is 12.7 Å². The molecule has 0 atom stereocenters. The van der Waals surface area contributed by atoms with E-state index >= 15 is 0 Å². The first-order valence-electron chi connectivity index (χ1n) is 10.1. The van der Waals surface area contributed by atoms with Gasteiger partial charge >= 0.3 is 0 Å². The summed E-state index contributed by atoms with van der Waals surface area (Å²) in [6.07, 6.45) is 0. The second kappa shape index (κ2) is 10.2. The Morgan fingerprint density at radius 2 is 1.81 bits per heavy atom. The molecule has 0 saturated carbocycles. The van der Waals surface area contributed by atoms with Crippen LogP contribution in [-0.2, 0) is 32.6 Å². The molecule has 1 aliphatic heterocycles. The van der Waals surface area contributed by atoms with Crippen molar-refractivity contribution in [3.05, 3.63) is 59.2 Å². The third-order valence-corrected chi connectivity index (χ3v) is 7.01. The van der Waals surface area contributed by atoms with E-state index in [1.165, 1.54) is 20.2 Å². The summed E-state index contributed by atoms with van der Waals surface area (Å²) in [7, 11) is 0.898. The van der Waals surface area contributed by atoms with Crippen molar-refractivity contribution in [3.63, 3.8) is 0 Å². The van der Waals surface area contributed by atoms with Crippen LogP contribution < -0.4 is 10.2 Å². The lowest BCUT2D eigenvalue weighted by molar-refractivity contribution is 0.0948. The van der Waals surface area contributed by atoms with Crippen molar-refractivity contribution in [2.24, 2.45) is 0 Å². The van der Waals surface area contributed by atoms with Gasteiger partial charge < -0.3 is 19.7 Å². The van der Waals surface area contributed by atoms with Crippen molar-refractivity contribution < 1.29 is 22.7 Å². The van der Waals surface area contributed by atoms with Gasteiger partial charge in [-0.2, -0.15) is 0 Å². The van der Waals surface area contributed by atoms with Gasteiger partial charge in [0.1, 0.15) is 0 Å². The number of benzene rings is 2. The van der Waals surface area contributed by atoms with E-state index in [1.807, 2.05) is 29.2 Å².